The highest BCUT2D eigenvalue weighted by Gasteiger charge is 2.59. The Labute approximate surface area is 262 Å². The van der Waals surface area contributed by atoms with Crippen LogP contribution in [0.15, 0.2) is 176 Å². The number of rotatable bonds is 3. The lowest BCUT2D eigenvalue weighted by molar-refractivity contribution is 0.557. The van der Waals surface area contributed by atoms with Crippen LogP contribution in [0.1, 0.15) is 44.5 Å². The Balaban J connectivity index is 1.41. The maximum atomic E-state index is 2.50. The molecule has 1 heteroatoms. The van der Waals surface area contributed by atoms with Crippen molar-refractivity contribution in [3.05, 3.63) is 220 Å². The Kier molecular flexibility index (Phi) is 4.91. The molecule has 2 bridgehead atoms. The zero-order chi connectivity index (χ0) is 29.6. The van der Waals surface area contributed by atoms with Gasteiger partial charge in [-0.05, 0) is 68.8 Å². The lowest BCUT2D eigenvalue weighted by atomic mass is 9.44. The van der Waals surface area contributed by atoms with E-state index in [0.29, 0.717) is 0 Å². The molecular formula is C44H29N. The van der Waals surface area contributed by atoms with Crippen molar-refractivity contribution in [3.8, 4) is 5.69 Å². The summed E-state index contributed by atoms with van der Waals surface area (Å²) in [6, 6.07) is 65.6. The van der Waals surface area contributed by atoms with E-state index in [0.717, 1.165) is 0 Å². The molecule has 0 saturated carbocycles. The molecule has 0 aliphatic heterocycles. The highest BCUT2D eigenvalue weighted by atomic mass is 15.0. The highest BCUT2D eigenvalue weighted by Crippen LogP contribution is 2.66. The third-order valence-corrected chi connectivity index (χ3v) is 10.5. The van der Waals surface area contributed by atoms with Crippen molar-refractivity contribution in [3.63, 3.8) is 0 Å². The number of nitrogens with zero attached hydrogens (tertiary/aromatic N) is 1. The van der Waals surface area contributed by atoms with Crippen molar-refractivity contribution in [1.29, 1.82) is 0 Å². The molecule has 0 N–H and O–H groups in total. The van der Waals surface area contributed by atoms with E-state index in [1.54, 1.807) is 0 Å². The minimum atomic E-state index is -0.463. The molecule has 0 saturated heterocycles. The van der Waals surface area contributed by atoms with E-state index in [-0.39, 0.29) is 0 Å². The molecule has 1 heterocycles. The van der Waals surface area contributed by atoms with Gasteiger partial charge in [0.05, 0.1) is 21.9 Å². The third kappa shape index (κ3) is 2.94. The van der Waals surface area contributed by atoms with Crippen LogP contribution in [0.5, 0.6) is 0 Å². The molecule has 0 spiro atoms. The summed E-state index contributed by atoms with van der Waals surface area (Å²) in [5.41, 5.74) is 13.5. The van der Waals surface area contributed by atoms with Gasteiger partial charge in [0.2, 0.25) is 0 Å². The van der Waals surface area contributed by atoms with Gasteiger partial charge in [-0.25, -0.2) is 0 Å². The molecule has 11 rings (SSSR count). The lowest BCUT2D eigenvalue weighted by Crippen LogP contribution is -2.51. The van der Waals surface area contributed by atoms with Gasteiger partial charge in [0, 0.05) is 16.5 Å². The number of hydrogen-bond acceptors (Lipinski definition) is 0. The van der Waals surface area contributed by atoms with Crippen LogP contribution < -0.4 is 0 Å². The predicted molar refractivity (Wildman–Crippen MR) is 185 cm³/mol. The van der Waals surface area contributed by atoms with Crippen molar-refractivity contribution < 1.29 is 0 Å². The second-order valence-electron chi connectivity index (χ2n) is 12.4. The Morgan fingerprint density at radius 3 is 1.18 bits per heavy atom. The summed E-state index contributed by atoms with van der Waals surface area (Å²) in [6.45, 7) is 0. The SMILES string of the molecule is c1ccc(C23c4ccccc4C(c4ccccc4)(c4ccccc42)c2cc(-n4c5ccccc5c5ccccc54)ccc23)cc1. The van der Waals surface area contributed by atoms with E-state index in [4.69, 9.17) is 0 Å². The number of fused-ring (bicyclic) bond motifs is 3. The first-order valence-electron chi connectivity index (χ1n) is 15.8. The summed E-state index contributed by atoms with van der Waals surface area (Å²) >= 11 is 0. The Bertz CT molecular complexity index is 2330. The van der Waals surface area contributed by atoms with Crippen LogP contribution in [0.2, 0.25) is 0 Å². The largest absolute Gasteiger partial charge is 0.309 e. The molecule has 0 amide bonds. The zero-order valence-corrected chi connectivity index (χ0v) is 24.7. The average molecular weight is 572 g/mol. The van der Waals surface area contributed by atoms with Crippen LogP contribution in [0.3, 0.4) is 0 Å². The molecule has 1 nitrogen and oxygen atoms in total. The second-order valence-corrected chi connectivity index (χ2v) is 12.4. The molecule has 8 aromatic rings. The molecule has 1 aromatic heterocycles. The summed E-state index contributed by atoms with van der Waals surface area (Å²) in [7, 11) is 0. The van der Waals surface area contributed by atoms with E-state index in [1.165, 1.54) is 72.0 Å². The van der Waals surface area contributed by atoms with E-state index < -0.39 is 10.8 Å². The van der Waals surface area contributed by atoms with Gasteiger partial charge in [-0.3, -0.25) is 0 Å². The first-order valence-corrected chi connectivity index (χ1v) is 15.8. The molecule has 210 valence electrons. The maximum absolute atomic E-state index is 2.50. The van der Waals surface area contributed by atoms with Gasteiger partial charge in [-0.15, -0.1) is 0 Å². The van der Waals surface area contributed by atoms with Crippen LogP contribution >= 0.6 is 0 Å². The van der Waals surface area contributed by atoms with E-state index >= 15 is 0 Å². The number of para-hydroxylation sites is 2. The number of aromatic nitrogens is 1. The van der Waals surface area contributed by atoms with Gasteiger partial charge in [0.15, 0.2) is 0 Å². The van der Waals surface area contributed by atoms with Crippen molar-refractivity contribution in [2.24, 2.45) is 0 Å². The molecule has 0 atom stereocenters. The predicted octanol–water partition coefficient (Wildman–Crippen LogP) is 10.2. The summed E-state index contributed by atoms with van der Waals surface area (Å²) < 4.78 is 2.46. The highest BCUT2D eigenvalue weighted by molar-refractivity contribution is 6.09. The Morgan fingerprint density at radius 2 is 0.689 bits per heavy atom. The average Bonchev–Trinajstić information content (AvgIpc) is 3.46. The molecule has 7 aromatic carbocycles. The first kappa shape index (κ1) is 24.7. The van der Waals surface area contributed by atoms with Gasteiger partial charge in [0.25, 0.3) is 0 Å². The summed E-state index contributed by atoms with van der Waals surface area (Å²) in [4.78, 5) is 0. The van der Waals surface area contributed by atoms with Gasteiger partial charge in [0.1, 0.15) is 0 Å². The van der Waals surface area contributed by atoms with Gasteiger partial charge < -0.3 is 4.57 Å². The van der Waals surface area contributed by atoms with E-state index in [9.17, 15) is 0 Å². The van der Waals surface area contributed by atoms with E-state index in [2.05, 4.69) is 180 Å². The molecule has 45 heavy (non-hydrogen) atoms. The summed E-state index contributed by atoms with van der Waals surface area (Å²) in [5.74, 6) is 0. The van der Waals surface area contributed by atoms with Crippen LogP contribution in [-0.2, 0) is 10.8 Å². The molecule has 0 radical (unpaired) electrons. The van der Waals surface area contributed by atoms with Crippen molar-refractivity contribution in [2.75, 3.05) is 0 Å². The second kappa shape index (κ2) is 8.94. The number of hydrogen-bond donors (Lipinski definition) is 0. The quantitative estimate of drug-likeness (QED) is 0.199. The van der Waals surface area contributed by atoms with Crippen LogP contribution in [0, 0.1) is 0 Å². The molecular weight excluding hydrogens is 542 g/mol. The lowest BCUT2D eigenvalue weighted by Gasteiger charge is -2.57. The summed E-state index contributed by atoms with van der Waals surface area (Å²) in [6.07, 6.45) is 0. The van der Waals surface area contributed by atoms with Gasteiger partial charge in [-0.2, -0.15) is 0 Å². The Morgan fingerprint density at radius 1 is 0.311 bits per heavy atom. The normalized spacial score (nSPS) is 19.3. The first-order chi connectivity index (χ1) is 22.3. The third-order valence-electron chi connectivity index (χ3n) is 10.5. The zero-order valence-electron chi connectivity index (χ0n) is 24.7. The van der Waals surface area contributed by atoms with Crippen molar-refractivity contribution in [1.82, 2.24) is 4.57 Å². The fraction of sp³-hybridized carbons (Fsp3) is 0.0455. The fourth-order valence-corrected chi connectivity index (χ4v) is 8.96. The van der Waals surface area contributed by atoms with Crippen LogP contribution in [0.25, 0.3) is 27.5 Å². The Hall–Kier alpha value is -5.66. The molecule has 0 fully saturated rings. The van der Waals surface area contributed by atoms with Gasteiger partial charge in [-0.1, -0.05) is 152 Å². The minimum Gasteiger partial charge on any atom is -0.309 e. The van der Waals surface area contributed by atoms with E-state index in [1.807, 2.05) is 0 Å². The van der Waals surface area contributed by atoms with Crippen LogP contribution in [-0.4, -0.2) is 4.57 Å². The smallest absolute Gasteiger partial charge is 0.0711 e. The molecule has 3 aliphatic carbocycles. The monoisotopic (exact) mass is 571 g/mol. The van der Waals surface area contributed by atoms with Gasteiger partial charge >= 0.3 is 0 Å². The summed E-state index contributed by atoms with van der Waals surface area (Å²) in [5, 5.41) is 2.56. The number of benzene rings is 7. The topological polar surface area (TPSA) is 4.93 Å². The maximum Gasteiger partial charge on any atom is 0.0711 e. The van der Waals surface area contributed by atoms with Crippen LogP contribution in [0.4, 0.5) is 0 Å². The standard InChI is InChI=1S/C44H29N/c1-3-15-30(16-4-1)43-35-21-9-11-23-37(35)44(31-17-5-2-6-18-31,38-24-12-10-22-36(38)43)40-29-32(27-28-39(40)43)45-41-25-13-7-19-33(41)34-20-8-14-26-42(34)45/h1-29H. The van der Waals surface area contributed by atoms with Crippen molar-refractivity contribution in [2.45, 2.75) is 10.8 Å². The minimum absolute atomic E-state index is 0.431. The fourth-order valence-electron chi connectivity index (χ4n) is 8.96. The molecule has 3 aliphatic rings. The van der Waals surface area contributed by atoms with Crippen molar-refractivity contribution >= 4 is 21.8 Å². The molecule has 0 unspecified atom stereocenters.